The predicted octanol–water partition coefficient (Wildman–Crippen LogP) is 4.76. The molecular formula is C19H28N2O2S. The molecule has 0 fully saturated rings. The Labute approximate surface area is 148 Å². The van der Waals surface area contributed by atoms with E-state index in [1.54, 1.807) is 12.2 Å². The second kappa shape index (κ2) is 10.2. The molecule has 1 N–H and O–H groups in total. The van der Waals surface area contributed by atoms with Crippen LogP contribution in [0.1, 0.15) is 50.1 Å². The third-order valence-electron chi connectivity index (χ3n) is 3.74. The molecular weight excluding hydrogens is 320 g/mol. The van der Waals surface area contributed by atoms with Gasteiger partial charge in [-0.15, -0.1) is 0 Å². The van der Waals surface area contributed by atoms with Crippen LogP contribution in [0, 0.1) is 13.8 Å². The largest absolute Gasteiger partial charge is 0.361 e. The van der Waals surface area contributed by atoms with Crippen molar-refractivity contribution in [1.29, 1.82) is 0 Å². The quantitative estimate of drug-likeness (QED) is 0.620. The Kier molecular flexibility index (Phi) is 8.65. The molecule has 0 aliphatic heterocycles. The lowest BCUT2D eigenvalue weighted by Gasteiger charge is -2.16. The van der Waals surface area contributed by atoms with E-state index in [4.69, 9.17) is 4.52 Å². The van der Waals surface area contributed by atoms with E-state index < -0.39 is 11.0 Å². The van der Waals surface area contributed by atoms with Crippen LogP contribution >= 0.6 is 0 Å². The van der Waals surface area contributed by atoms with Gasteiger partial charge < -0.3 is 4.52 Å². The number of hydrogen-bond acceptors (Lipinski definition) is 3. The summed E-state index contributed by atoms with van der Waals surface area (Å²) in [6.45, 7) is 15.5. The first-order chi connectivity index (χ1) is 11.5. The molecule has 4 nitrogen and oxygen atoms in total. The van der Waals surface area contributed by atoms with Crippen LogP contribution in [-0.2, 0) is 11.0 Å². The monoisotopic (exact) mass is 348 g/mol. The van der Waals surface area contributed by atoms with Crippen molar-refractivity contribution in [3.8, 4) is 0 Å². The number of aromatic nitrogens is 1. The summed E-state index contributed by atoms with van der Waals surface area (Å²) in [7, 11) is -1.32. The van der Waals surface area contributed by atoms with Gasteiger partial charge in [-0.05, 0) is 38.3 Å². The molecule has 1 aromatic rings. The molecule has 0 saturated carbocycles. The summed E-state index contributed by atoms with van der Waals surface area (Å²) in [6, 6.07) is 0.227. The summed E-state index contributed by atoms with van der Waals surface area (Å²) in [4.78, 5) is 0.623. The minimum atomic E-state index is -1.32. The van der Waals surface area contributed by atoms with Crippen LogP contribution in [0.5, 0.6) is 0 Å². The van der Waals surface area contributed by atoms with Gasteiger partial charge in [0.15, 0.2) is 0 Å². The summed E-state index contributed by atoms with van der Waals surface area (Å²) < 4.78 is 21.1. The first-order valence-corrected chi connectivity index (χ1v) is 9.41. The van der Waals surface area contributed by atoms with E-state index in [0.717, 1.165) is 41.9 Å². The standard InChI is InChI=1S/C19H28N2O2S/c1-7-11-16(19-14(5)20-23-15(19)6)13-18(10-4)24(22)21-17(9-3)12-8-2/h7,10-11,13,17,21H,1,4,8-9,12H2,2-3,5-6H3/b16-11+,18-13+. The predicted molar refractivity (Wildman–Crippen MR) is 103 cm³/mol. The smallest absolute Gasteiger partial charge is 0.141 e. The highest BCUT2D eigenvalue weighted by Crippen LogP contribution is 2.25. The molecule has 1 aromatic heterocycles. The molecule has 0 bridgehead atoms. The van der Waals surface area contributed by atoms with Crippen LogP contribution in [0.3, 0.4) is 0 Å². The number of nitrogens with zero attached hydrogens (tertiary/aromatic N) is 1. The lowest BCUT2D eigenvalue weighted by atomic mass is 10.0. The summed E-state index contributed by atoms with van der Waals surface area (Å²) in [5.41, 5.74) is 2.54. The molecule has 0 amide bonds. The summed E-state index contributed by atoms with van der Waals surface area (Å²) in [5.74, 6) is 0.719. The van der Waals surface area contributed by atoms with Crippen LogP contribution in [0.25, 0.3) is 5.57 Å². The number of nitrogens with one attached hydrogen (secondary N) is 1. The lowest BCUT2D eigenvalue weighted by Crippen LogP contribution is -2.30. The highest BCUT2D eigenvalue weighted by atomic mass is 32.2. The van der Waals surface area contributed by atoms with Gasteiger partial charge in [0.05, 0.1) is 10.6 Å². The molecule has 2 atom stereocenters. The molecule has 0 aliphatic rings. The zero-order valence-corrected chi connectivity index (χ0v) is 15.9. The molecule has 2 unspecified atom stereocenters. The number of aryl methyl sites for hydroxylation is 2. The van der Waals surface area contributed by atoms with Crippen LogP contribution in [0.2, 0.25) is 0 Å². The minimum absolute atomic E-state index is 0.227. The van der Waals surface area contributed by atoms with Crippen molar-refractivity contribution >= 4 is 16.6 Å². The van der Waals surface area contributed by atoms with Gasteiger partial charge in [0.1, 0.15) is 16.7 Å². The Hall–Kier alpha value is -1.72. The van der Waals surface area contributed by atoms with E-state index >= 15 is 0 Å². The van der Waals surface area contributed by atoms with Gasteiger partial charge in [0.25, 0.3) is 0 Å². The van der Waals surface area contributed by atoms with Gasteiger partial charge in [-0.25, -0.2) is 8.93 Å². The second-order valence-corrected chi connectivity index (χ2v) is 6.83. The fourth-order valence-electron chi connectivity index (χ4n) is 2.48. The molecule has 0 spiro atoms. The van der Waals surface area contributed by atoms with Gasteiger partial charge >= 0.3 is 0 Å². The van der Waals surface area contributed by atoms with E-state index in [-0.39, 0.29) is 6.04 Å². The maximum atomic E-state index is 12.7. The normalized spacial score (nSPS) is 15.2. The van der Waals surface area contributed by atoms with Crippen molar-refractivity contribution < 1.29 is 8.73 Å². The number of hydrogen-bond donors (Lipinski definition) is 1. The molecule has 5 heteroatoms. The third kappa shape index (κ3) is 5.42. The molecule has 0 radical (unpaired) electrons. The first-order valence-electron chi connectivity index (χ1n) is 8.26. The topological polar surface area (TPSA) is 55.1 Å². The van der Waals surface area contributed by atoms with Crippen LogP contribution in [0.4, 0.5) is 0 Å². The summed E-state index contributed by atoms with van der Waals surface area (Å²) in [5, 5.41) is 3.99. The van der Waals surface area contributed by atoms with Gasteiger partial charge in [-0.2, -0.15) is 0 Å². The number of rotatable bonds is 10. The Bertz CT molecular complexity index is 637. The Morgan fingerprint density at radius 3 is 2.54 bits per heavy atom. The van der Waals surface area contributed by atoms with E-state index in [0.29, 0.717) is 4.91 Å². The van der Waals surface area contributed by atoms with Gasteiger partial charge in [0, 0.05) is 11.6 Å². The van der Waals surface area contributed by atoms with Gasteiger partial charge in [-0.1, -0.05) is 56.8 Å². The van der Waals surface area contributed by atoms with Gasteiger partial charge in [0.2, 0.25) is 0 Å². The van der Waals surface area contributed by atoms with Crippen LogP contribution in [0.15, 0.2) is 46.9 Å². The molecule has 0 aromatic carbocycles. The molecule has 1 heterocycles. The van der Waals surface area contributed by atoms with Crippen molar-refractivity contribution in [2.24, 2.45) is 0 Å². The zero-order valence-electron chi connectivity index (χ0n) is 15.1. The Morgan fingerprint density at radius 2 is 2.08 bits per heavy atom. The highest BCUT2D eigenvalue weighted by Gasteiger charge is 2.15. The van der Waals surface area contributed by atoms with Crippen LogP contribution in [-0.4, -0.2) is 15.4 Å². The SMILES string of the molecule is C=C/C=C(\C=C(/C=C)S(=O)NC(CC)CCC)c1c(C)noc1C. The lowest BCUT2D eigenvalue weighted by molar-refractivity contribution is 0.393. The van der Waals surface area contributed by atoms with Crippen molar-refractivity contribution in [2.45, 2.75) is 53.0 Å². The molecule has 1 rings (SSSR count). The molecule has 132 valence electrons. The van der Waals surface area contributed by atoms with Crippen molar-refractivity contribution in [3.63, 3.8) is 0 Å². The Morgan fingerprint density at radius 1 is 1.38 bits per heavy atom. The molecule has 0 saturated heterocycles. The zero-order chi connectivity index (χ0) is 18.1. The van der Waals surface area contributed by atoms with Crippen LogP contribution < -0.4 is 4.72 Å². The van der Waals surface area contributed by atoms with E-state index in [1.807, 2.05) is 26.0 Å². The summed E-state index contributed by atoms with van der Waals surface area (Å²) >= 11 is 0. The minimum Gasteiger partial charge on any atom is -0.361 e. The first kappa shape index (κ1) is 20.3. The maximum absolute atomic E-state index is 12.7. The van der Waals surface area contributed by atoms with E-state index in [2.05, 4.69) is 36.9 Å². The average molecular weight is 349 g/mol. The fourth-order valence-corrected chi connectivity index (χ4v) is 3.59. The van der Waals surface area contributed by atoms with Crippen molar-refractivity contribution in [2.75, 3.05) is 0 Å². The molecule has 24 heavy (non-hydrogen) atoms. The van der Waals surface area contributed by atoms with Gasteiger partial charge in [-0.3, -0.25) is 0 Å². The maximum Gasteiger partial charge on any atom is 0.141 e. The average Bonchev–Trinajstić information content (AvgIpc) is 2.89. The second-order valence-electron chi connectivity index (χ2n) is 5.59. The van der Waals surface area contributed by atoms with E-state index in [9.17, 15) is 4.21 Å². The molecule has 0 aliphatic carbocycles. The Balaban J connectivity index is 3.15. The fraction of sp³-hybridized carbons (Fsp3) is 0.421. The van der Waals surface area contributed by atoms with E-state index in [1.165, 1.54) is 0 Å². The van der Waals surface area contributed by atoms with Crippen molar-refractivity contribution in [3.05, 3.63) is 59.4 Å². The highest BCUT2D eigenvalue weighted by molar-refractivity contribution is 7.87. The summed E-state index contributed by atoms with van der Waals surface area (Å²) in [6.07, 6.45) is 10.0. The number of allylic oxidation sites excluding steroid dienone is 5. The van der Waals surface area contributed by atoms with Crippen molar-refractivity contribution in [1.82, 2.24) is 9.88 Å². The third-order valence-corrected chi connectivity index (χ3v) is 5.00.